The number of carbonyl (C=O) groups is 2. The van der Waals surface area contributed by atoms with Gasteiger partial charge in [0.05, 0.1) is 6.42 Å². The Morgan fingerprint density at radius 2 is 2.00 bits per heavy atom. The highest BCUT2D eigenvalue weighted by Gasteiger charge is 2.35. The monoisotopic (exact) mass is 365 g/mol. The summed E-state index contributed by atoms with van der Waals surface area (Å²) >= 11 is 0. The van der Waals surface area contributed by atoms with Gasteiger partial charge in [-0.25, -0.2) is 0 Å². The lowest BCUT2D eigenvalue weighted by molar-refractivity contribution is -0.138. The predicted molar refractivity (Wildman–Crippen MR) is 101 cm³/mol. The van der Waals surface area contributed by atoms with E-state index < -0.39 is 0 Å². The van der Waals surface area contributed by atoms with E-state index in [1.54, 1.807) is 4.90 Å². The van der Waals surface area contributed by atoms with Gasteiger partial charge in [0.15, 0.2) is 0 Å². The van der Waals surface area contributed by atoms with Crippen molar-refractivity contribution in [3.8, 4) is 0 Å². The van der Waals surface area contributed by atoms with Gasteiger partial charge in [0.25, 0.3) is 0 Å². The van der Waals surface area contributed by atoms with Crippen molar-refractivity contribution in [2.45, 2.75) is 57.2 Å². The van der Waals surface area contributed by atoms with Gasteiger partial charge in [-0.3, -0.25) is 9.59 Å². The second-order valence-electron chi connectivity index (χ2n) is 6.99. The van der Waals surface area contributed by atoms with Gasteiger partial charge in [-0.15, -0.1) is 12.4 Å². The standard InChI is InChI=1S/C19H27N3O2.ClH/c1-14-12-16(9-10-20-14)21-19(24)17-8-5-11-22(17)18(23)13-15-6-3-2-4-7-15;/h2-4,6-7,14,16-17,20H,5,8-13H2,1H3,(H,21,24);1H. The average molecular weight is 366 g/mol. The molecular formula is C19H28ClN3O2. The number of piperidine rings is 1. The topological polar surface area (TPSA) is 61.4 Å². The summed E-state index contributed by atoms with van der Waals surface area (Å²) < 4.78 is 0. The summed E-state index contributed by atoms with van der Waals surface area (Å²) in [5, 5.41) is 6.56. The minimum atomic E-state index is -0.300. The molecule has 2 N–H and O–H groups in total. The van der Waals surface area contributed by atoms with Gasteiger partial charge in [-0.2, -0.15) is 0 Å². The molecule has 0 bridgehead atoms. The summed E-state index contributed by atoms with van der Waals surface area (Å²) in [5.74, 6) is 0.0746. The van der Waals surface area contributed by atoms with Crippen LogP contribution in [-0.4, -0.2) is 47.9 Å². The summed E-state index contributed by atoms with van der Waals surface area (Å²) in [6.07, 6.45) is 3.96. The molecule has 3 atom stereocenters. The summed E-state index contributed by atoms with van der Waals surface area (Å²) in [7, 11) is 0. The lowest BCUT2D eigenvalue weighted by Crippen LogP contribution is -2.52. The van der Waals surface area contributed by atoms with E-state index in [-0.39, 0.29) is 36.3 Å². The molecular weight excluding hydrogens is 338 g/mol. The first-order chi connectivity index (χ1) is 11.6. The van der Waals surface area contributed by atoms with Crippen molar-refractivity contribution in [2.24, 2.45) is 0 Å². The number of nitrogens with one attached hydrogen (secondary N) is 2. The highest BCUT2D eigenvalue weighted by molar-refractivity contribution is 5.89. The van der Waals surface area contributed by atoms with Crippen molar-refractivity contribution in [1.29, 1.82) is 0 Å². The van der Waals surface area contributed by atoms with Gasteiger partial charge in [-0.05, 0) is 44.7 Å². The summed E-state index contributed by atoms with van der Waals surface area (Å²) in [4.78, 5) is 27.0. The van der Waals surface area contributed by atoms with Crippen LogP contribution in [0.15, 0.2) is 30.3 Å². The number of nitrogens with zero attached hydrogens (tertiary/aromatic N) is 1. The molecule has 6 heteroatoms. The molecule has 0 spiro atoms. The fourth-order valence-electron chi connectivity index (χ4n) is 3.77. The molecule has 3 rings (SSSR count). The van der Waals surface area contributed by atoms with E-state index in [4.69, 9.17) is 0 Å². The SMILES string of the molecule is CC1CC(NC(=O)C2CCCN2C(=O)Cc2ccccc2)CCN1.Cl. The fourth-order valence-corrected chi connectivity index (χ4v) is 3.77. The van der Waals surface area contributed by atoms with Crippen molar-refractivity contribution >= 4 is 24.2 Å². The van der Waals surface area contributed by atoms with Crippen molar-refractivity contribution in [3.63, 3.8) is 0 Å². The number of halogens is 1. The zero-order chi connectivity index (χ0) is 16.9. The zero-order valence-electron chi connectivity index (χ0n) is 14.7. The Bertz CT molecular complexity index is 581. The molecule has 2 fully saturated rings. The van der Waals surface area contributed by atoms with E-state index >= 15 is 0 Å². The smallest absolute Gasteiger partial charge is 0.243 e. The van der Waals surface area contributed by atoms with Gasteiger partial charge >= 0.3 is 0 Å². The first kappa shape index (κ1) is 19.7. The van der Waals surface area contributed by atoms with Gasteiger partial charge < -0.3 is 15.5 Å². The molecule has 1 aromatic rings. The van der Waals surface area contributed by atoms with Crippen LogP contribution in [-0.2, 0) is 16.0 Å². The Balaban J connectivity index is 0.00000225. The number of hydrogen-bond donors (Lipinski definition) is 2. The van der Waals surface area contributed by atoms with E-state index in [0.29, 0.717) is 19.0 Å². The van der Waals surface area contributed by atoms with Crippen LogP contribution in [0.3, 0.4) is 0 Å². The van der Waals surface area contributed by atoms with Crippen molar-refractivity contribution in [2.75, 3.05) is 13.1 Å². The molecule has 1 aromatic carbocycles. The fraction of sp³-hybridized carbons (Fsp3) is 0.579. The second-order valence-corrected chi connectivity index (χ2v) is 6.99. The largest absolute Gasteiger partial charge is 0.351 e. The molecule has 138 valence electrons. The van der Waals surface area contributed by atoms with Crippen molar-refractivity contribution < 1.29 is 9.59 Å². The molecule has 0 saturated carbocycles. The molecule has 5 nitrogen and oxygen atoms in total. The van der Waals surface area contributed by atoms with Gasteiger partial charge in [0.2, 0.25) is 11.8 Å². The minimum absolute atomic E-state index is 0. The molecule has 3 unspecified atom stereocenters. The molecule has 0 aromatic heterocycles. The second kappa shape index (κ2) is 9.20. The molecule has 2 amide bonds. The normalized spacial score (nSPS) is 26.0. The van der Waals surface area contributed by atoms with E-state index in [1.165, 1.54) is 0 Å². The highest BCUT2D eigenvalue weighted by Crippen LogP contribution is 2.20. The van der Waals surface area contributed by atoms with Crippen molar-refractivity contribution in [3.05, 3.63) is 35.9 Å². The molecule has 0 aliphatic carbocycles. The van der Waals surface area contributed by atoms with E-state index in [1.807, 2.05) is 30.3 Å². The number of amides is 2. The molecule has 2 aliphatic heterocycles. The maximum absolute atomic E-state index is 12.7. The first-order valence-corrected chi connectivity index (χ1v) is 9.00. The lowest BCUT2D eigenvalue weighted by atomic mass is 10.00. The lowest BCUT2D eigenvalue weighted by Gasteiger charge is -2.31. The Hall–Kier alpha value is -1.59. The van der Waals surface area contributed by atoms with Crippen LogP contribution < -0.4 is 10.6 Å². The Morgan fingerprint density at radius 1 is 1.24 bits per heavy atom. The van der Waals surface area contributed by atoms with E-state index in [9.17, 15) is 9.59 Å². The molecule has 2 heterocycles. The van der Waals surface area contributed by atoms with Gasteiger partial charge in [0.1, 0.15) is 6.04 Å². The van der Waals surface area contributed by atoms with E-state index in [2.05, 4.69) is 17.6 Å². The molecule has 0 radical (unpaired) electrons. The van der Waals surface area contributed by atoms with Crippen LogP contribution in [0.5, 0.6) is 0 Å². The molecule has 25 heavy (non-hydrogen) atoms. The average Bonchev–Trinajstić information content (AvgIpc) is 3.06. The number of carbonyl (C=O) groups excluding carboxylic acids is 2. The third-order valence-corrected chi connectivity index (χ3v) is 5.04. The third kappa shape index (κ3) is 5.19. The van der Waals surface area contributed by atoms with Crippen LogP contribution in [0.25, 0.3) is 0 Å². The number of rotatable bonds is 4. The number of hydrogen-bond acceptors (Lipinski definition) is 3. The Morgan fingerprint density at radius 3 is 2.72 bits per heavy atom. The van der Waals surface area contributed by atoms with E-state index in [0.717, 1.165) is 37.8 Å². The summed E-state index contributed by atoms with van der Waals surface area (Å²) in [6, 6.07) is 10.1. The maximum atomic E-state index is 12.7. The molecule has 2 saturated heterocycles. The van der Waals surface area contributed by atoms with Crippen molar-refractivity contribution in [1.82, 2.24) is 15.5 Å². The Labute approximate surface area is 155 Å². The summed E-state index contributed by atoms with van der Waals surface area (Å²) in [6.45, 7) is 3.77. The van der Waals surface area contributed by atoms with Gasteiger partial charge in [-0.1, -0.05) is 30.3 Å². The number of benzene rings is 1. The third-order valence-electron chi connectivity index (χ3n) is 5.04. The Kier molecular flexibility index (Phi) is 7.26. The predicted octanol–water partition coefficient (Wildman–Crippen LogP) is 1.90. The van der Waals surface area contributed by atoms with Crippen LogP contribution in [0.1, 0.15) is 38.2 Å². The zero-order valence-corrected chi connectivity index (χ0v) is 15.6. The highest BCUT2D eigenvalue weighted by atomic mass is 35.5. The van der Waals surface area contributed by atoms with Gasteiger partial charge in [0, 0.05) is 18.6 Å². The molecule has 2 aliphatic rings. The summed E-state index contributed by atoms with van der Waals surface area (Å²) in [5.41, 5.74) is 1.00. The van der Waals surface area contributed by atoms with Crippen LogP contribution in [0.2, 0.25) is 0 Å². The minimum Gasteiger partial charge on any atom is -0.351 e. The maximum Gasteiger partial charge on any atom is 0.243 e. The van der Waals surface area contributed by atoms with Crippen LogP contribution >= 0.6 is 12.4 Å². The van der Waals surface area contributed by atoms with Crippen LogP contribution in [0.4, 0.5) is 0 Å². The first-order valence-electron chi connectivity index (χ1n) is 9.00. The van der Waals surface area contributed by atoms with Crippen LogP contribution in [0, 0.1) is 0 Å². The number of likely N-dealkylation sites (tertiary alicyclic amines) is 1. The quantitative estimate of drug-likeness (QED) is 0.856.